The highest BCUT2D eigenvalue weighted by Gasteiger charge is 2.16. The van der Waals surface area contributed by atoms with E-state index in [2.05, 4.69) is 15.3 Å². The molecule has 0 bridgehead atoms. The molecule has 3 aromatic heterocycles. The first-order chi connectivity index (χ1) is 13.3. The molecule has 1 amide bonds. The van der Waals surface area contributed by atoms with Crippen molar-refractivity contribution < 1.29 is 4.79 Å². The third kappa shape index (κ3) is 3.27. The van der Waals surface area contributed by atoms with Crippen molar-refractivity contribution in [2.75, 3.05) is 5.32 Å². The molecule has 0 saturated heterocycles. The summed E-state index contributed by atoms with van der Waals surface area (Å²) in [6.07, 6.45) is 1.41. The van der Waals surface area contributed by atoms with Gasteiger partial charge in [-0.2, -0.15) is 0 Å². The number of halogens is 1. The Morgan fingerprint density at radius 1 is 1.21 bits per heavy atom. The van der Waals surface area contributed by atoms with Gasteiger partial charge in [0.15, 0.2) is 0 Å². The Morgan fingerprint density at radius 3 is 2.75 bits per heavy atom. The zero-order valence-electron chi connectivity index (χ0n) is 15.5. The highest BCUT2D eigenvalue weighted by atomic mass is 35.5. The summed E-state index contributed by atoms with van der Waals surface area (Å²) in [5.74, 6) is -0.325. The molecule has 0 aliphatic carbocycles. The maximum absolute atomic E-state index is 12.9. The normalized spacial score (nSPS) is 11.3. The van der Waals surface area contributed by atoms with Crippen LogP contribution in [-0.4, -0.2) is 20.4 Å². The maximum Gasteiger partial charge on any atom is 0.271 e. The molecule has 6 nitrogen and oxygen atoms in total. The fourth-order valence-corrected chi connectivity index (χ4v) is 4.52. The molecule has 0 radical (unpaired) electrons. The molecule has 28 heavy (non-hydrogen) atoms. The Bertz CT molecular complexity index is 1310. The number of benzene rings is 1. The van der Waals surface area contributed by atoms with Gasteiger partial charge in [0.05, 0.1) is 11.8 Å². The van der Waals surface area contributed by atoms with E-state index in [1.54, 1.807) is 12.1 Å². The highest BCUT2D eigenvalue weighted by molar-refractivity contribution is 7.25. The van der Waals surface area contributed by atoms with Crippen molar-refractivity contribution in [2.45, 2.75) is 27.3 Å². The van der Waals surface area contributed by atoms with E-state index in [1.807, 2.05) is 32.9 Å². The van der Waals surface area contributed by atoms with Gasteiger partial charge in [0, 0.05) is 21.8 Å². The fraction of sp³-hybridized carbons (Fsp3) is 0.200. The summed E-state index contributed by atoms with van der Waals surface area (Å²) in [5.41, 5.74) is 3.83. The van der Waals surface area contributed by atoms with Gasteiger partial charge < -0.3 is 5.32 Å². The van der Waals surface area contributed by atoms with E-state index in [0.29, 0.717) is 20.9 Å². The van der Waals surface area contributed by atoms with Crippen molar-refractivity contribution in [1.29, 1.82) is 0 Å². The lowest BCUT2D eigenvalue weighted by Gasteiger charge is -2.08. The van der Waals surface area contributed by atoms with Gasteiger partial charge in [0.2, 0.25) is 5.91 Å². The first-order valence-electron chi connectivity index (χ1n) is 8.65. The van der Waals surface area contributed by atoms with E-state index in [9.17, 15) is 9.59 Å². The minimum absolute atomic E-state index is 0.132. The molecule has 0 spiro atoms. The van der Waals surface area contributed by atoms with Crippen LogP contribution in [0.25, 0.3) is 20.4 Å². The van der Waals surface area contributed by atoms with Crippen LogP contribution >= 0.6 is 22.9 Å². The summed E-state index contributed by atoms with van der Waals surface area (Å²) in [4.78, 5) is 35.0. The first kappa shape index (κ1) is 18.6. The number of aryl methyl sites for hydroxylation is 3. The smallest absolute Gasteiger partial charge is 0.271 e. The van der Waals surface area contributed by atoms with Gasteiger partial charge in [0.1, 0.15) is 16.1 Å². The van der Waals surface area contributed by atoms with E-state index in [-0.39, 0.29) is 18.0 Å². The van der Waals surface area contributed by atoms with Gasteiger partial charge in [-0.25, -0.2) is 9.97 Å². The van der Waals surface area contributed by atoms with Crippen LogP contribution in [0.5, 0.6) is 0 Å². The van der Waals surface area contributed by atoms with E-state index < -0.39 is 0 Å². The number of aromatic nitrogens is 3. The van der Waals surface area contributed by atoms with Crippen LogP contribution in [0.4, 0.5) is 5.69 Å². The molecule has 0 unspecified atom stereocenters. The van der Waals surface area contributed by atoms with Crippen LogP contribution in [0.1, 0.15) is 16.8 Å². The van der Waals surface area contributed by atoms with Crippen molar-refractivity contribution in [3.63, 3.8) is 0 Å². The zero-order chi connectivity index (χ0) is 20.0. The minimum atomic E-state index is -0.325. The number of nitrogens with zero attached hydrogens (tertiary/aromatic N) is 3. The Labute approximate surface area is 169 Å². The summed E-state index contributed by atoms with van der Waals surface area (Å²) in [7, 11) is 0. The number of carbonyl (C=O) groups is 1. The number of hydrogen-bond donors (Lipinski definition) is 1. The molecule has 0 aliphatic heterocycles. The second-order valence-electron chi connectivity index (χ2n) is 6.73. The topological polar surface area (TPSA) is 76.9 Å². The zero-order valence-corrected chi connectivity index (χ0v) is 17.1. The van der Waals surface area contributed by atoms with Crippen LogP contribution in [0.2, 0.25) is 5.02 Å². The van der Waals surface area contributed by atoms with Crippen molar-refractivity contribution >= 4 is 55.0 Å². The van der Waals surface area contributed by atoms with Crippen molar-refractivity contribution in [1.82, 2.24) is 14.5 Å². The number of rotatable bonds is 3. The number of pyridine rings is 1. The summed E-state index contributed by atoms with van der Waals surface area (Å²) in [5, 5.41) is 4.22. The second-order valence-corrected chi connectivity index (χ2v) is 8.14. The predicted octanol–water partition coefficient (Wildman–Crippen LogP) is 4.22. The molecular formula is C20H17ClN4O2S. The van der Waals surface area contributed by atoms with E-state index in [0.717, 1.165) is 27.0 Å². The lowest BCUT2D eigenvalue weighted by atomic mass is 10.1. The van der Waals surface area contributed by atoms with Gasteiger partial charge >= 0.3 is 0 Å². The summed E-state index contributed by atoms with van der Waals surface area (Å²) in [6.45, 7) is 5.66. The Kier molecular flexibility index (Phi) is 4.64. The van der Waals surface area contributed by atoms with Crippen molar-refractivity contribution in [2.24, 2.45) is 0 Å². The minimum Gasteiger partial charge on any atom is -0.324 e. The molecule has 0 atom stereocenters. The average Bonchev–Trinajstić information content (AvgIpc) is 3.00. The van der Waals surface area contributed by atoms with Crippen molar-refractivity contribution in [3.8, 4) is 0 Å². The first-order valence-corrected chi connectivity index (χ1v) is 9.85. The highest BCUT2D eigenvalue weighted by Crippen LogP contribution is 2.31. The Hall–Kier alpha value is -2.77. The van der Waals surface area contributed by atoms with Crippen LogP contribution < -0.4 is 10.9 Å². The Morgan fingerprint density at radius 2 is 2.00 bits per heavy atom. The number of amides is 1. The van der Waals surface area contributed by atoms with Gasteiger partial charge in [-0.1, -0.05) is 17.7 Å². The number of anilines is 1. The van der Waals surface area contributed by atoms with Gasteiger partial charge in [-0.15, -0.1) is 11.3 Å². The van der Waals surface area contributed by atoms with Gasteiger partial charge in [-0.05, 0) is 50.1 Å². The van der Waals surface area contributed by atoms with Gasteiger partial charge in [-0.3, -0.25) is 14.2 Å². The molecule has 3 heterocycles. The molecule has 4 rings (SSSR count). The number of fused-ring (bicyclic) bond motifs is 3. The second kappa shape index (κ2) is 7.00. The summed E-state index contributed by atoms with van der Waals surface area (Å²) < 4.78 is 1.82. The molecule has 1 N–H and O–H groups in total. The molecule has 4 aromatic rings. The number of carbonyl (C=O) groups excluding carboxylic acids is 1. The average molecular weight is 413 g/mol. The quantitative estimate of drug-likeness (QED) is 0.546. The standard InChI is InChI=1S/C20H17ClN4O2S/c1-10-4-5-13(7-14(10)21)24-15(26)8-25-9-22-17-16-11(2)6-12(3)23-19(16)28-18(17)20(25)27/h4-7,9H,8H2,1-3H3,(H,24,26). The largest absolute Gasteiger partial charge is 0.324 e. The monoisotopic (exact) mass is 412 g/mol. The molecule has 0 saturated carbocycles. The molecule has 1 aromatic carbocycles. The fourth-order valence-electron chi connectivity index (χ4n) is 3.14. The van der Waals surface area contributed by atoms with Crippen LogP contribution in [0.3, 0.4) is 0 Å². The molecule has 8 heteroatoms. The summed E-state index contributed by atoms with van der Waals surface area (Å²) in [6, 6.07) is 7.25. The number of hydrogen-bond acceptors (Lipinski definition) is 5. The Balaban J connectivity index is 1.67. The van der Waals surface area contributed by atoms with E-state index >= 15 is 0 Å². The van der Waals surface area contributed by atoms with Crippen molar-refractivity contribution in [3.05, 3.63) is 62.8 Å². The number of nitrogens with one attached hydrogen (secondary N) is 1. The maximum atomic E-state index is 12.9. The predicted molar refractivity (Wildman–Crippen MR) is 113 cm³/mol. The lowest BCUT2D eigenvalue weighted by molar-refractivity contribution is -0.116. The lowest BCUT2D eigenvalue weighted by Crippen LogP contribution is -2.27. The molecule has 0 aliphatic rings. The molecular weight excluding hydrogens is 396 g/mol. The number of thiophene rings is 1. The van der Waals surface area contributed by atoms with E-state index in [4.69, 9.17) is 11.6 Å². The SMILES string of the molecule is Cc1cc(C)c2c(n1)sc1c(=O)n(CC(=O)Nc3ccc(C)c(Cl)c3)cnc12. The third-order valence-corrected chi connectivity index (χ3v) is 5.98. The summed E-state index contributed by atoms with van der Waals surface area (Å²) >= 11 is 7.40. The molecule has 142 valence electrons. The van der Waals surface area contributed by atoms with Crippen LogP contribution in [0.15, 0.2) is 35.4 Å². The van der Waals surface area contributed by atoms with Crippen LogP contribution in [0, 0.1) is 20.8 Å². The third-order valence-electron chi connectivity index (χ3n) is 4.51. The molecule has 0 fully saturated rings. The van der Waals surface area contributed by atoms with E-state index in [1.165, 1.54) is 22.2 Å². The van der Waals surface area contributed by atoms with Crippen LogP contribution in [-0.2, 0) is 11.3 Å². The van der Waals surface area contributed by atoms with Gasteiger partial charge in [0.25, 0.3) is 5.56 Å².